The highest BCUT2D eigenvalue weighted by Gasteiger charge is 2.06. The van der Waals surface area contributed by atoms with Crippen LogP contribution >= 0.6 is 0 Å². The molecule has 0 amide bonds. The van der Waals surface area contributed by atoms with Gasteiger partial charge in [0.05, 0.1) is 16.9 Å². The van der Waals surface area contributed by atoms with Gasteiger partial charge in [-0.1, -0.05) is 12.1 Å². The second-order valence-corrected chi connectivity index (χ2v) is 5.29. The quantitative estimate of drug-likeness (QED) is 0.731. The average molecular weight is 317 g/mol. The second-order valence-electron chi connectivity index (χ2n) is 5.29. The van der Waals surface area contributed by atoms with Gasteiger partial charge in [-0.3, -0.25) is 4.79 Å². The van der Waals surface area contributed by atoms with Gasteiger partial charge in [0.15, 0.2) is 5.78 Å². The second kappa shape index (κ2) is 6.75. The van der Waals surface area contributed by atoms with Crippen molar-refractivity contribution in [3.05, 3.63) is 71.8 Å². The van der Waals surface area contributed by atoms with E-state index in [9.17, 15) is 10.1 Å². The third kappa shape index (κ3) is 3.31. The highest BCUT2D eigenvalue weighted by atomic mass is 16.1. The fourth-order valence-corrected chi connectivity index (χ4v) is 2.31. The van der Waals surface area contributed by atoms with E-state index in [1.54, 1.807) is 29.2 Å². The van der Waals surface area contributed by atoms with E-state index in [0.717, 1.165) is 11.3 Å². The first-order valence-electron chi connectivity index (χ1n) is 7.40. The third-order valence-corrected chi connectivity index (χ3v) is 3.65. The third-order valence-electron chi connectivity index (χ3n) is 3.65. The largest absolute Gasteiger partial charge is 0.380 e. The van der Waals surface area contributed by atoms with Gasteiger partial charge in [-0.05, 0) is 42.8 Å². The van der Waals surface area contributed by atoms with Gasteiger partial charge in [0.1, 0.15) is 18.7 Å². The van der Waals surface area contributed by atoms with E-state index in [0.29, 0.717) is 23.4 Å². The van der Waals surface area contributed by atoms with Crippen LogP contribution in [0.1, 0.15) is 28.4 Å². The molecule has 6 heteroatoms. The van der Waals surface area contributed by atoms with Crippen molar-refractivity contribution in [2.75, 3.05) is 5.32 Å². The maximum atomic E-state index is 11.5. The van der Waals surface area contributed by atoms with Gasteiger partial charge in [-0.25, -0.2) is 9.67 Å². The predicted octanol–water partition coefficient (Wildman–Crippen LogP) is 2.95. The maximum absolute atomic E-state index is 11.5. The number of rotatable bonds is 5. The summed E-state index contributed by atoms with van der Waals surface area (Å²) in [5, 5.41) is 16.5. The highest BCUT2D eigenvalue weighted by molar-refractivity contribution is 5.95. The van der Waals surface area contributed by atoms with Crippen LogP contribution < -0.4 is 5.32 Å². The minimum atomic E-state index is -0.0280. The minimum absolute atomic E-state index is 0.0280. The van der Waals surface area contributed by atoms with Crippen molar-refractivity contribution >= 4 is 11.5 Å². The summed E-state index contributed by atoms with van der Waals surface area (Å²) in [6, 6.07) is 15.0. The Hall–Kier alpha value is -3.46. The lowest BCUT2D eigenvalue weighted by Gasteiger charge is -2.10. The summed E-state index contributed by atoms with van der Waals surface area (Å²) >= 11 is 0. The highest BCUT2D eigenvalue weighted by Crippen LogP contribution is 2.19. The van der Waals surface area contributed by atoms with Crippen LogP contribution in [0.15, 0.2) is 55.1 Å². The van der Waals surface area contributed by atoms with E-state index in [2.05, 4.69) is 21.5 Å². The lowest BCUT2D eigenvalue weighted by atomic mass is 10.1. The molecular formula is C18H15N5O. The molecule has 3 rings (SSSR count). The zero-order valence-corrected chi connectivity index (χ0v) is 13.1. The first kappa shape index (κ1) is 15.4. The zero-order valence-electron chi connectivity index (χ0n) is 13.1. The summed E-state index contributed by atoms with van der Waals surface area (Å²) in [7, 11) is 0. The van der Waals surface area contributed by atoms with E-state index in [1.807, 2.05) is 24.3 Å². The number of nitriles is 1. The van der Waals surface area contributed by atoms with Crippen molar-refractivity contribution in [3.8, 4) is 11.8 Å². The average Bonchev–Trinajstić information content (AvgIpc) is 3.14. The molecule has 0 spiro atoms. The molecule has 1 heterocycles. The Morgan fingerprint density at radius 2 is 2.04 bits per heavy atom. The number of benzene rings is 2. The van der Waals surface area contributed by atoms with Crippen molar-refractivity contribution in [3.63, 3.8) is 0 Å². The predicted molar refractivity (Wildman–Crippen MR) is 89.8 cm³/mol. The Bertz CT molecular complexity index is 892. The molecule has 2 aromatic carbocycles. The molecule has 1 aromatic heterocycles. The van der Waals surface area contributed by atoms with Gasteiger partial charge in [0, 0.05) is 12.1 Å². The standard InChI is InChI=1S/C18H15N5O/c1-13(24)15-4-5-16(9-19)18(8-15)21-10-14-2-6-17(7-3-14)23-12-20-11-22-23/h2-8,11-12,21H,10H2,1H3. The first-order chi connectivity index (χ1) is 11.7. The van der Waals surface area contributed by atoms with Gasteiger partial charge in [0.2, 0.25) is 0 Å². The molecule has 0 atom stereocenters. The maximum Gasteiger partial charge on any atom is 0.159 e. The van der Waals surface area contributed by atoms with Crippen molar-refractivity contribution in [1.82, 2.24) is 14.8 Å². The zero-order chi connectivity index (χ0) is 16.9. The summed E-state index contributed by atoms with van der Waals surface area (Å²) < 4.78 is 1.68. The molecule has 0 aliphatic heterocycles. The van der Waals surface area contributed by atoms with Gasteiger partial charge >= 0.3 is 0 Å². The van der Waals surface area contributed by atoms with Crippen LogP contribution in [0.5, 0.6) is 0 Å². The molecule has 0 unspecified atom stereocenters. The number of aromatic nitrogens is 3. The van der Waals surface area contributed by atoms with Crippen LogP contribution in [0.4, 0.5) is 5.69 Å². The summed E-state index contributed by atoms with van der Waals surface area (Å²) in [6.45, 7) is 2.06. The van der Waals surface area contributed by atoms with Crippen LogP contribution in [0.25, 0.3) is 5.69 Å². The Labute approximate surface area is 139 Å². The number of ketones is 1. The summed E-state index contributed by atoms with van der Waals surface area (Å²) in [4.78, 5) is 15.4. The van der Waals surface area contributed by atoms with Crippen LogP contribution in [-0.4, -0.2) is 20.5 Å². The molecular weight excluding hydrogens is 302 g/mol. The van der Waals surface area contributed by atoms with Gasteiger partial charge in [0.25, 0.3) is 0 Å². The van der Waals surface area contributed by atoms with Gasteiger partial charge < -0.3 is 5.32 Å². The first-order valence-corrected chi connectivity index (χ1v) is 7.40. The van der Waals surface area contributed by atoms with Crippen molar-refractivity contribution in [2.24, 2.45) is 0 Å². The van der Waals surface area contributed by atoms with E-state index in [-0.39, 0.29) is 5.78 Å². The summed E-state index contributed by atoms with van der Waals surface area (Å²) in [5.41, 5.74) is 3.73. The van der Waals surface area contributed by atoms with Crippen LogP contribution in [0, 0.1) is 11.3 Å². The van der Waals surface area contributed by atoms with E-state index in [4.69, 9.17) is 0 Å². The Morgan fingerprint density at radius 1 is 1.25 bits per heavy atom. The molecule has 3 aromatic rings. The SMILES string of the molecule is CC(=O)c1ccc(C#N)c(NCc2ccc(-n3cncn3)cc2)c1. The molecule has 0 radical (unpaired) electrons. The van der Waals surface area contributed by atoms with Crippen LogP contribution in [0.2, 0.25) is 0 Å². The molecule has 0 aliphatic rings. The van der Waals surface area contributed by atoms with E-state index >= 15 is 0 Å². The lowest BCUT2D eigenvalue weighted by molar-refractivity contribution is 0.101. The van der Waals surface area contributed by atoms with Crippen LogP contribution in [-0.2, 0) is 6.54 Å². The Kier molecular flexibility index (Phi) is 4.34. The number of carbonyl (C=O) groups excluding carboxylic acids is 1. The molecule has 0 bridgehead atoms. The van der Waals surface area contributed by atoms with Crippen molar-refractivity contribution in [1.29, 1.82) is 5.26 Å². The van der Waals surface area contributed by atoms with Crippen LogP contribution in [0.3, 0.4) is 0 Å². The van der Waals surface area contributed by atoms with Crippen molar-refractivity contribution < 1.29 is 4.79 Å². The van der Waals surface area contributed by atoms with Gasteiger partial charge in [-0.2, -0.15) is 10.4 Å². The molecule has 0 saturated carbocycles. The normalized spacial score (nSPS) is 10.2. The topological polar surface area (TPSA) is 83.6 Å². The Morgan fingerprint density at radius 3 is 2.67 bits per heavy atom. The summed E-state index contributed by atoms with van der Waals surface area (Å²) in [6.07, 6.45) is 3.13. The monoisotopic (exact) mass is 317 g/mol. The number of hydrogen-bond donors (Lipinski definition) is 1. The number of nitrogens with zero attached hydrogens (tertiary/aromatic N) is 4. The smallest absolute Gasteiger partial charge is 0.159 e. The fraction of sp³-hybridized carbons (Fsp3) is 0.111. The van der Waals surface area contributed by atoms with E-state index < -0.39 is 0 Å². The molecule has 6 nitrogen and oxygen atoms in total. The number of carbonyl (C=O) groups is 1. The molecule has 0 saturated heterocycles. The summed E-state index contributed by atoms with van der Waals surface area (Å²) in [5.74, 6) is -0.0280. The number of Topliss-reactive ketones (excluding diaryl/α,β-unsaturated/α-hetero) is 1. The fourth-order valence-electron chi connectivity index (χ4n) is 2.31. The Balaban J connectivity index is 1.75. The molecule has 118 valence electrons. The number of anilines is 1. The molecule has 0 aliphatic carbocycles. The minimum Gasteiger partial charge on any atom is -0.380 e. The molecule has 0 fully saturated rings. The lowest BCUT2D eigenvalue weighted by Crippen LogP contribution is -2.04. The van der Waals surface area contributed by atoms with Crippen molar-refractivity contribution in [2.45, 2.75) is 13.5 Å². The number of hydrogen-bond acceptors (Lipinski definition) is 5. The molecule has 24 heavy (non-hydrogen) atoms. The van der Waals surface area contributed by atoms with E-state index in [1.165, 1.54) is 13.3 Å². The van der Waals surface area contributed by atoms with Gasteiger partial charge in [-0.15, -0.1) is 0 Å². The number of nitrogens with one attached hydrogen (secondary N) is 1. The molecule has 1 N–H and O–H groups in total.